The highest BCUT2D eigenvalue weighted by molar-refractivity contribution is 7.27. The minimum atomic E-state index is -0.0449. The van der Waals surface area contributed by atoms with Crippen molar-refractivity contribution in [3.63, 3.8) is 0 Å². The van der Waals surface area contributed by atoms with Crippen molar-refractivity contribution < 1.29 is 4.42 Å². The van der Waals surface area contributed by atoms with Crippen LogP contribution in [0.3, 0.4) is 0 Å². The third-order valence-electron chi connectivity index (χ3n) is 9.43. The van der Waals surface area contributed by atoms with E-state index in [4.69, 9.17) is 4.42 Å². The monoisotopic (exact) mass is 611 g/mol. The maximum absolute atomic E-state index is 6.95. The van der Waals surface area contributed by atoms with Crippen LogP contribution in [0.15, 0.2) is 132 Å². The predicted molar refractivity (Wildman–Crippen MR) is 200 cm³/mol. The number of furan rings is 1. The number of hydrogen-bond donors (Lipinski definition) is 0. The molecule has 7 aromatic carbocycles. The molecule has 0 amide bonds. The summed E-state index contributed by atoms with van der Waals surface area (Å²) < 4.78 is 9.57. The molecule has 2 heterocycles. The van der Waals surface area contributed by atoms with E-state index in [2.05, 4.69) is 160 Å². The zero-order valence-corrected chi connectivity index (χ0v) is 27.2. The number of rotatable bonds is 3. The molecular weight excluding hydrogens is 579 g/mol. The van der Waals surface area contributed by atoms with Crippen molar-refractivity contribution in [1.29, 1.82) is 0 Å². The smallest absolute Gasteiger partial charge is 0.159 e. The summed E-state index contributed by atoms with van der Waals surface area (Å²) >= 11 is 1.89. The van der Waals surface area contributed by atoms with Gasteiger partial charge in [-0.1, -0.05) is 129 Å². The number of anilines is 3. The summed E-state index contributed by atoms with van der Waals surface area (Å²) in [5.41, 5.74) is 7.57. The second-order valence-electron chi connectivity index (χ2n) is 13.4. The first-order valence-electron chi connectivity index (χ1n) is 15.9. The molecule has 222 valence electrons. The van der Waals surface area contributed by atoms with E-state index in [1.807, 2.05) is 11.3 Å². The average Bonchev–Trinajstić information content (AvgIpc) is 3.64. The number of thiophene rings is 1. The Kier molecular flexibility index (Phi) is 5.88. The first-order valence-corrected chi connectivity index (χ1v) is 16.8. The normalized spacial score (nSPS) is 12.3. The standard InChI is InChI=1S/C43H33NOS/c1-26-19-22-28(23-20-26)44(36-18-10-16-33-32-15-9-17-35(43(2,3)4)40(32)45-41(33)36)37-25-38-39(31-14-8-7-13-30(31)37)34-24-21-27-11-5-6-12-29(27)42(34)46-38/h5-25H,1-4H3. The first kappa shape index (κ1) is 27.2. The molecule has 46 heavy (non-hydrogen) atoms. The van der Waals surface area contributed by atoms with Crippen LogP contribution < -0.4 is 4.90 Å². The van der Waals surface area contributed by atoms with Gasteiger partial charge < -0.3 is 9.32 Å². The molecule has 0 aliphatic heterocycles. The van der Waals surface area contributed by atoms with Gasteiger partial charge in [-0.3, -0.25) is 0 Å². The van der Waals surface area contributed by atoms with E-state index < -0.39 is 0 Å². The average molecular weight is 612 g/mol. The van der Waals surface area contributed by atoms with E-state index in [0.29, 0.717) is 0 Å². The Bertz CT molecular complexity index is 2630. The van der Waals surface area contributed by atoms with Gasteiger partial charge in [0, 0.05) is 47.6 Å². The third-order valence-corrected chi connectivity index (χ3v) is 10.6. The summed E-state index contributed by atoms with van der Waals surface area (Å²) in [7, 11) is 0. The zero-order valence-electron chi connectivity index (χ0n) is 26.4. The zero-order chi connectivity index (χ0) is 31.2. The predicted octanol–water partition coefficient (Wildman–Crippen LogP) is 13.3. The fourth-order valence-electron chi connectivity index (χ4n) is 7.21. The van der Waals surface area contributed by atoms with Crippen LogP contribution in [0, 0.1) is 6.92 Å². The van der Waals surface area contributed by atoms with Gasteiger partial charge in [-0.2, -0.15) is 0 Å². The molecule has 0 radical (unpaired) electrons. The molecule has 9 aromatic rings. The Morgan fingerprint density at radius 2 is 1.24 bits per heavy atom. The van der Waals surface area contributed by atoms with Gasteiger partial charge in [0.1, 0.15) is 5.58 Å². The van der Waals surface area contributed by atoms with Crippen molar-refractivity contribution in [2.45, 2.75) is 33.1 Å². The highest BCUT2D eigenvalue weighted by atomic mass is 32.1. The van der Waals surface area contributed by atoms with Crippen LogP contribution in [-0.4, -0.2) is 0 Å². The molecule has 0 N–H and O–H groups in total. The van der Waals surface area contributed by atoms with Crippen LogP contribution in [0.5, 0.6) is 0 Å². The third kappa shape index (κ3) is 4.01. The second kappa shape index (κ2) is 9.94. The van der Waals surface area contributed by atoms with Gasteiger partial charge in [0.15, 0.2) is 5.58 Å². The molecule has 0 atom stereocenters. The molecule has 0 fully saturated rings. The fourth-order valence-corrected chi connectivity index (χ4v) is 8.50. The van der Waals surface area contributed by atoms with Crippen LogP contribution in [0.1, 0.15) is 31.9 Å². The van der Waals surface area contributed by atoms with Crippen LogP contribution in [0.4, 0.5) is 17.1 Å². The minimum Gasteiger partial charge on any atom is -0.454 e. The number of fused-ring (bicyclic) bond motifs is 10. The molecule has 0 aliphatic rings. The largest absolute Gasteiger partial charge is 0.454 e. The topological polar surface area (TPSA) is 16.4 Å². The molecule has 3 heteroatoms. The Morgan fingerprint density at radius 1 is 0.565 bits per heavy atom. The molecule has 0 spiro atoms. The quantitative estimate of drug-likeness (QED) is 0.198. The lowest BCUT2D eigenvalue weighted by atomic mass is 9.86. The highest BCUT2D eigenvalue weighted by Gasteiger charge is 2.25. The van der Waals surface area contributed by atoms with Gasteiger partial charge in [-0.25, -0.2) is 0 Å². The maximum Gasteiger partial charge on any atom is 0.159 e. The van der Waals surface area contributed by atoms with E-state index in [-0.39, 0.29) is 5.41 Å². The highest BCUT2D eigenvalue weighted by Crippen LogP contribution is 2.49. The molecule has 0 saturated carbocycles. The van der Waals surface area contributed by atoms with E-state index in [9.17, 15) is 0 Å². The van der Waals surface area contributed by atoms with Crippen LogP contribution in [0.2, 0.25) is 0 Å². The molecule has 0 aliphatic carbocycles. The van der Waals surface area contributed by atoms with Crippen LogP contribution in [0.25, 0.3) is 63.7 Å². The lowest BCUT2D eigenvalue weighted by molar-refractivity contribution is 0.573. The molecule has 0 saturated heterocycles. The van der Waals surface area contributed by atoms with Crippen molar-refractivity contribution in [1.82, 2.24) is 0 Å². The molecule has 0 bridgehead atoms. The number of aryl methyl sites for hydroxylation is 1. The van der Waals surface area contributed by atoms with Crippen LogP contribution in [-0.2, 0) is 5.41 Å². The lowest BCUT2D eigenvalue weighted by Crippen LogP contribution is -2.11. The molecule has 9 rings (SSSR count). The Balaban J connectivity index is 1.40. The molecule has 2 nitrogen and oxygen atoms in total. The maximum atomic E-state index is 6.95. The van der Waals surface area contributed by atoms with Crippen molar-refractivity contribution in [3.05, 3.63) is 139 Å². The minimum absolute atomic E-state index is 0.0449. The van der Waals surface area contributed by atoms with Gasteiger partial charge in [0.2, 0.25) is 0 Å². The van der Waals surface area contributed by atoms with Gasteiger partial charge in [-0.05, 0) is 52.8 Å². The van der Waals surface area contributed by atoms with E-state index >= 15 is 0 Å². The summed E-state index contributed by atoms with van der Waals surface area (Å²) in [6, 6.07) is 46.6. The van der Waals surface area contributed by atoms with Gasteiger partial charge in [-0.15, -0.1) is 11.3 Å². The SMILES string of the molecule is Cc1ccc(N(c2cc3sc4c5ccccc5ccc4c3c3ccccc23)c2cccc3c2oc2c(C(C)(C)C)cccc23)cc1. The summed E-state index contributed by atoms with van der Waals surface area (Å²) in [4.78, 5) is 2.41. The van der Waals surface area contributed by atoms with Crippen molar-refractivity contribution in [2.75, 3.05) is 4.90 Å². The van der Waals surface area contributed by atoms with E-state index in [0.717, 1.165) is 39.0 Å². The number of hydrogen-bond acceptors (Lipinski definition) is 3. The summed E-state index contributed by atoms with van der Waals surface area (Å²) in [6.45, 7) is 8.91. The van der Waals surface area contributed by atoms with E-state index in [1.165, 1.54) is 52.8 Å². The summed E-state index contributed by atoms with van der Waals surface area (Å²) in [5, 5.41) is 10.00. The van der Waals surface area contributed by atoms with Crippen molar-refractivity contribution in [3.8, 4) is 0 Å². The van der Waals surface area contributed by atoms with Crippen molar-refractivity contribution in [2.24, 2.45) is 0 Å². The Labute approximate surface area is 272 Å². The lowest BCUT2D eigenvalue weighted by Gasteiger charge is -2.27. The number of para-hydroxylation sites is 2. The molecular formula is C43H33NOS. The Hall–Kier alpha value is -5.12. The molecule has 0 unspecified atom stereocenters. The van der Waals surface area contributed by atoms with Gasteiger partial charge in [0.05, 0.1) is 11.4 Å². The molecule has 2 aromatic heterocycles. The number of nitrogens with zero attached hydrogens (tertiary/aromatic N) is 1. The second-order valence-corrected chi connectivity index (χ2v) is 14.5. The fraction of sp³-hybridized carbons (Fsp3) is 0.116. The summed E-state index contributed by atoms with van der Waals surface area (Å²) in [6.07, 6.45) is 0. The van der Waals surface area contributed by atoms with E-state index in [1.54, 1.807) is 0 Å². The Morgan fingerprint density at radius 3 is 2.02 bits per heavy atom. The first-order chi connectivity index (χ1) is 22.4. The van der Waals surface area contributed by atoms with Crippen LogP contribution >= 0.6 is 11.3 Å². The summed E-state index contributed by atoms with van der Waals surface area (Å²) in [5.74, 6) is 0. The van der Waals surface area contributed by atoms with Gasteiger partial charge in [0.25, 0.3) is 0 Å². The number of benzene rings is 7. The van der Waals surface area contributed by atoms with Crippen molar-refractivity contribution >= 4 is 92.1 Å². The van der Waals surface area contributed by atoms with Gasteiger partial charge >= 0.3 is 0 Å².